The Morgan fingerprint density at radius 3 is 2.80 bits per heavy atom. The second-order valence-corrected chi connectivity index (χ2v) is 4.14. The maximum absolute atomic E-state index is 11.5. The van der Waals surface area contributed by atoms with Crippen LogP contribution in [0.3, 0.4) is 0 Å². The fraction of sp³-hybridized carbons (Fsp3) is 0.273. The number of hydrogen-bond acceptors (Lipinski definition) is 3. The minimum absolute atomic E-state index is 0.338. The van der Waals surface area contributed by atoms with Gasteiger partial charge in [0.2, 0.25) is 0 Å². The summed E-state index contributed by atoms with van der Waals surface area (Å²) in [5, 5.41) is 8.84. The summed E-state index contributed by atoms with van der Waals surface area (Å²) in [6.45, 7) is 3.94. The molecule has 0 aliphatic heterocycles. The molecule has 0 heterocycles. The number of hydrogen-bond donors (Lipinski definition) is 0. The van der Waals surface area contributed by atoms with Crippen LogP contribution in [0, 0.1) is 21.8 Å². The molecule has 0 amide bonds. The average molecular weight is 315 g/mol. The van der Waals surface area contributed by atoms with E-state index in [1.54, 1.807) is 13.0 Å². The van der Waals surface area contributed by atoms with Gasteiger partial charge in [0.1, 0.15) is 0 Å². The van der Waals surface area contributed by atoms with Crippen LogP contribution in [0.1, 0.15) is 28.4 Å². The Morgan fingerprint density at radius 2 is 2.27 bits per heavy atom. The molecule has 0 bridgehead atoms. The Labute approximate surface area is 102 Å². The first kappa shape index (κ1) is 12.0. The number of carbonyl (C=O) groups is 1. The first-order chi connectivity index (χ1) is 7.10. The van der Waals surface area contributed by atoms with Gasteiger partial charge in [-0.05, 0) is 54.1 Å². The molecule has 1 rings (SSSR count). The molecule has 3 nitrogen and oxygen atoms in total. The molecule has 0 N–H and O–H groups in total. The minimum Gasteiger partial charge on any atom is -0.462 e. The maximum atomic E-state index is 11.5. The lowest BCUT2D eigenvalue weighted by atomic mass is 10.1. The van der Waals surface area contributed by atoms with Gasteiger partial charge in [-0.25, -0.2) is 4.79 Å². The molecule has 0 aliphatic rings. The quantitative estimate of drug-likeness (QED) is 0.623. The summed E-state index contributed by atoms with van der Waals surface area (Å²) in [5.41, 5.74) is 1.84. The molecule has 0 atom stereocenters. The zero-order valence-electron chi connectivity index (χ0n) is 8.50. The van der Waals surface area contributed by atoms with E-state index in [0.29, 0.717) is 17.7 Å². The largest absolute Gasteiger partial charge is 0.462 e. The zero-order chi connectivity index (χ0) is 11.4. The Bertz CT molecular complexity index is 435. The normalized spacial score (nSPS) is 9.47. The molecule has 0 unspecified atom stereocenters. The molecular weight excluding hydrogens is 305 g/mol. The number of aryl methyl sites for hydroxylation is 1. The van der Waals surface area contributed by atoms with E-state index in [4.69, 9.17) is 10.00 Å². The van der Waals surface area contributed by atoms with Gasteiger partial charge in [0.15, 0.2) is 0 Å². The fourth-order valence-corrected chi connectivity index (χ4v) is 2.00. The molecule has 0 aromatic heterocycles. The second-order valence-electron chi connectivity index (χ2n) is 2.98. The minimum atomic E-state index is -0.376. The van der Waals surface area contributed by atoms with Gasteiger partial charge in [-0.15, -0.1) is 0 Å². The van der Waals surface area contributed by atoms with Crippen molar-refractivity contribution >= 4 is 28.6 Å². The van der Waals surface area contributed by atoms with Gasteiger partial charge in [0, 0.05) is 3.57 Å². The monoisotopic (exact) mass is 315 g/mol. The van der Waals surface area contributed by atoms with Crippen LogP contribution < -0.4 is 0 Å². The smallest absolute Gasteiger partial charge is 0.339 e. The number of nitrogens with zero attached hydrogens (tertiary/aromatic N) is 1. The van der Waals surface area contributed by atoms with Crippen LogP contribution in [0.15, 0.2) is 12.1 Å². The molecule has 0 fully saturated rings. The van der Waals surface area contributed by atoms with E-state index in [1.807, 2.05) is 19.1 Å². The van der Waals surface area contributed by atoms with Crippen LogP contribution in [0.25, 0.3) is 0 Å². The summed E-state index contributed by atoms with van der Waals surface area (Å²) in [6.07, 6.45) is 0. The van der Waals surface area contributed by atoms with Gasteiger partial charge >= 0.3 is 5.97 Å². The van der Waals surface area contributed by atoms with E-state index in [-0.39, 0.29) is 5.97 Å². The van der Waals surface area contributed by atoms with Gasteiger partial charge in [-0.1, -0.05) is 0 Å². The fourth-order valence-electron chi connectivity index (χ4n) is 1.16. The van der Waals surface area contributed by atoms with Crippen LogP contribution in [0.5, 0.6) is 0 Å². The Kier molecular flexibility index (Phi) is 4.09. The van der Waals surface area contributed by atoms with E-state index in [1.165, 1.54) is 0 Å². The van der Waals surface area contributed by atoms with E-state index in [0.717, 1.165) is 9.13 Å². The molecule has 0 saturated carbocycles. The summed E-state index contributed by atoms with van der Waals surface area (Å²) < 4.78 is 5.70. The van der Waals surface area contributed by atoms with Crippen molar-refractivity contribution in [2.24, 2.45) is 0 Å². The average Bonchev–Trinajstić information content (AvgIpc) is 2.18. The standard InChI is InChI=1S/C11H10INO2/c1-3-15-11(14)9-5-8(6-13)7(2)4-10(9)12/h4-5H,3H2,1-2H3. The number of halogens is 1. The Balaban J connectivity index is 3.20. The summed E-state index contributed by atoms with van der Waals surface area (Å²) in [6, 6.07) is 5.44. The van der Waals surface area contributed by atoms with Crippen LogP contribution in [0.2, 0.25) is 0 Å². The lowest BCUT2D eigenvalue weighted by Crippen LogP contribution is -2.07. The molecule has 4 heteroatoms. The van der Waals surface area contributed by atoms with Crippen molar-refractivity contribution in [1.82, 2.24) is 0 Å². The third-order valence-electron chi connectivity index (χ3n) is 1.93. The SMILES string of the molecule is CCOC(=O)c1cc(C#N)c(C)cc1I. The Morgan fingerprint density at radius 1 is 1.60 bits per heavy atom. The lowest BCUT2D eigenvalue weighted by molar-refractivity contribution is 0.0525. The topological polar surface area (TPSA) is 50.1 Å². The highest BCUT2D eigenvalue weighted by atomic mass is 127. The van der Waals surface area contributed by atoms with E-state index in [9.17, 15) is 4.79 Å². The van der Waals surface area contributed by atoms with Crippen molar-refractivity contribution in [2.45, 2.75) is 13.8 Å². The molecule has 0 spiro atoms. The number of ether oxygens (including phenoxy) is 1. The highest BCUT2D eigenvalue weighted by Crippen LogP contribution is 2.18. The van der Waals surface area contributed by atoms with Gasteiger partial charge in [-0.2, -0.15) is 5.26 Å². The van der Waals surface area contributed by atoms with E-state index >= 15 is 0 Å². The maximum Gasteiger partial charge on any atom is 0.339 e. The summed E-state index contributed by atoms with van der Waals surface area (Å²) in [4.78, 5) is 11.5. The zero-order valence-corrected chi connectivity index (χ0v) is 10.7. The van der Waals surface area contributed by atoms with Crippen LogP contribution >= 0.6 is 22.6 Å². The number of rotatable bonds is 2. The summed E-state index contributed by atoms with van der Waals surface area (Å²) in [7, 11) is 0. The first-order valence-corrected chi connectivity index (χ1v) is 5.55. The summed E-state index contributed by atoms with van der Waals surface area (Å²) >= 11 is 2.06. The van der Waals surface area contributed by atoms with Gasteiger partial charge in [0.25, 0.3) is 0 Å². The van der Waals surface area contributed by atoms with Crippen LogP contribution in [0.4, 0.5) is 0 Å². The lowest BCUT2D eigenvalue weighted by Gasteiger charge is -2.06. The third-order valence-corrected chi connectivity index (χ3v) is 2.82. The third kappa shape index (κ3) is 2.69. The van der Waals surface area contributed by atoms with Crippen molar-refractivity contribution in [3.8, 4) is 6.07 Å². The molecule has 1 aromatic rings. The Hall–Kier alpha value is -1.09. The van der Waals surface area contributed by atoms with Crippen molar-refractivity contribution in [2.75, 3.05) is 6.61 Å². The molecule has 15 heavy (non-hydrogen) atoms. The molecular formula is C11H10INO2. The molecule has 0 radical (unpaired) electrons. The molecule has 0 saturated heterocycles. The number of esters is 1. The predicted octanol–water partition coefficient (Wildman–Crippen LogP) is 2.65. The van der Waals surface area contributed by atoms with Crippen LogP contribution in [-0.4, -0.2) is 12.6 Å². The second kappa shape index (κ2) is 5.12. The van der Waals surface area contributed by atoms with E-state index in [2.05, 4.69) is 22.6 Å². The molecule has 1 aromatic carbocycles. The van der Waals surface area contributed by atoms with E-state index < -0.39 is 0 Å². The van der Waals surface area contributed by atoms with Gasteiger partial charge in [0.05, 0.1) is 23.8 Å². The first-order valence-electron chi connectivity index (χ1n) is 4.47. The van der Waals surface area contributed by atoms with Crippen molar-refractivity contribution in [3.05, 3.63) is 32.4 Å². The van der Waals surface area contributed by atoms with Gasteiger partial charge in [-0.3, -0.25) is 0 Å². The molecule has 0 aliphatic carbocycles. The predicted molar refractivity (Wildman–Crippen MR) is 64.6 cm³/mol. The number of benzene rings is 1. The molecule has 78 valence electrons. The van der Waals surface area contributed by atoms with Crippen LogP contribution in [-0.2, 0) is 4.74 Å². The highest BCUT2D eigenvalue weighted by Gasteiger charge is 2.13. The van der Waals surface area contributed by atoms with Crippen molar-refractivity contribution < 1.29 is 9.53 Å². The number of nitriles is 1. The highest BCUT2D eigenvalue weighted by molar-refractivity contribution is 14.1. The van der Waals surface area contributed by atoms with Crippen molar-refractivity contribution in [3.63, 3.8) is 0 Å². The number of carbonyl (C=O) groups excluding carboxylic acids is 1. The van der Waals surface area contributed by atoms with Gasteiger partial charge < -0.3 is 4.74 Å². The van der Waals surface area contributed by atoms with Crippen molar-refractivity contribution in [1.29, 1.82) is 5.26 Å². The summed E-state index contributed by atoms with van der Waals surface area (Å²) in [5.74, 6) is -0.376.